The van der Waals surface area contributed by atoms with Crippen molar-refractivity contribution in [1.29, 1.82) is 0 Å². The Morgan fingerprint density at radius 3 is 2.08 bits per heavy atom. The van der Waals surface area contributed by atoms with Crippen LogP contribution in [-0.2, 0) is 20.9 Å². The smallest absolute Gasteiger partial charge is 0.475 e. The summed E-state index contributed by atoms with van der Waals surface area (Å²) in [6.45, 7) is 3.74. The normalized spacial score (nSPS) is 19.6. The van der Waals surface area contributed by atoms with Gasteiger partial charge in [-0.2, -0.15) is 26.3 Å². The quantitative estimate of drug-likeness (QED) is 0.583. The summed E-state index contributed by atoms with van der Waals surface area (Å²) < 4.78 is 69.2. The standard InChI is InChI=1S/C17H19N3O2.2C2HF3O2/c1-12-4-5-14(22-12)11-19-8-6-15-16(19)9-17(21)20(15)13-3-2-7-18-10-13;2*3-2(4,5)1(6)7/h2-5,7,10,15-16H,6,8-9,11H2,1H3;2*(H,6,7)/t15-,16+;;/m0../s1. The number of anilines is 1. The highest BCUT2D eigenvalue weighted by atomic mass is 19.4. The van der Waals surface area contributed by atoms with Crippen molar-refractivity contribution in [2.75, 3.05) is 11.4 Å². The number of rotatable bonds is 3. The van der Waals surface area contributed by atoms with Gasteiger partial charge in [0.05, 0.1) is 24.5 Å². The molecule has 4 rings (SSSR count). The fourth-order valence-electron chi connectivity index (χ4n) is 3.73. The first-order valence-electron chi connectivity index (χ1n) is 10.2. The lowest BCUT2D eigenvalue weighted by atomic mass is 10.1. The zero-order chi connectivity index (χ0) is 27.3. The van der Waals surface area contributed by atoms with Crippen LogP contribution in [0.3, 0.4) is 0 Å². The van der Waals surface area contributed by atoms with Gasteiger partial charge in [-0.25, -0.2) is 9.59 Å². The Kier molecular flexibility index (Phi) is 9.07. The first-order chi connectivity index (χ1) is 16.6. The summed E-state index contributed by atoms with van der Waals surface area (Å²) in [6.07, 6.45) is -5.06. The molecule has 9 nitrogen and oxygen atoms in total. The summed E-state index contributed by atoms with van der Waals surface area (Å²) in [7, 11) is 0. The fourth-order valence-corrected chi connectivity index (χ4v) is 3.73. The average Bonchev–Trinajstić information content (AvgIpc) is 3.44. The minimum Gasteiger partial charge on any atom is -0.475 e. The van der Waals surface area contributed by atoms with Gasteiger partial charge in [0.15, 0.2) is 0 Å². The second kappa shape index (κ2) is 11.4. The van der Waals surface area contributed by atoms with E-state index in [9.17, 15) is 31.1 Å². The molecular weight excluding hydrogens is 504 g/mol. The van der Waals surface area contributed by atoms with Crippen LogP contribution in [0, 0.1) is 6.92 Å². The highest BCUT2D eigenvalue weighted by Gasteiger charge is 2.47. The molecule has 0 radical (unpaired) electrons. The number of pyridine rings is 1. The van der Waals surface area contributed by atoms with Crippen LogP contribution in [0.15, 0.2) is 41.1 Å². The number of likely N-dealkylation sites (tertiary alicyclic amines) is 1. The number of halogens is 6. The van der Waals surface area contributed by atoms with E-state index >= 15 is 0 Å². The van der Waals surface area contributed by atoms with E-state index in [1.165, 1.54) is 0 Å². The number of aromatic nitrogens is 1. The predicted octanol–water partition coefficient (Wildman–Crippen LogP) is 3.63. The molecule has 4 heterocycles. The number of carbonyl (C=O) groups is 3. The molecule has 2 N–H and O–H groups in total. The van der Waals surface area contributed by atoms with E-state index in [1.807, 2.05) is 36.1 Å². The van der Waals surface area contributed by atoms with E-state index in [-0.39, 0.29) is 18.0 Å². The van der Waals surface area contributed by atoms with Gasteiger partial charge < -0.3 is 19.5 Å². The Bertz CT molecular complexity index is 1030. The van der Waals surface area contributed by atoms with E-state index in [0.29, 0.717) is 6.42 Å². The molecular formula is C21H21F6N3O6. The maximum absolute atomic E-state index is 12.4. The second-order valence-electron chi connectivity index (χ2n) is 7.69. The highest BCUT2D eigenvalue weighted by Crippen LogP contribution is 2.36. The average molecular weight is 525 g/mol. The molecule has 2 saturated heterocycles. The lowest BCUT2D eigenvalue weighted by molar-refractivity contribution is -0.193. The molecule has 198 valence electrons. The summed E-state index contributed by atoms with van der Waals surface area (Å²) in [6, 6.07) is 8.40. The van der Waals surface area contributed by atoms with Crippen molar-refractivity contribution in [3.63, 3.8) is 0 Å². The van der Waals surface area contributed by atoms with Gasteiger partial charge in [-0.05, 0) is 37.6 Å². The van der Waals surface area contributed by atoms with Gasteiger partial charge >= 0.3 is 24.3 Å². The number of aliphatic carboxylic acids is 2. The molecule has 0 aromatic carbocycles. The summed E-state index contributed by atoms with van der Waals surface area (Å²) in [5, 5.41) is 14.2. The molecule has 0 aliphatic carbocycles. The molecule has 15 heteroatoms. The van der Waals surface area contributed by atoms with Crippen molar-refractivity contribution in [3.05, 3.63) is 48.2 Å². The number of fused-ring (bicyclic) bond motifs is 1. The first-order valence-corrected chi connectivity index (χ1v) is 10.2. The van der Waals surface area contributed by atoms with Crippen LogP contribution in [0.2, 0.25) is 0 Å². The van der Waals surface area contributed by atoms with Gasteiger partial charge in [-0.15, -0.1) is 0 Å². The van der Waals surface area contributed by atoms with E-state index < -0.39 is 24.3 Å². The van der Waals surface area contributed by atoms with Crippen LogP contribution < -0.4 is 4.90 Å². The molecule has 0 saturated carbocycles. The third kappa shape index (κ3) is 7.69. The Morgan fingerprint density at radius 2 is 1.64 bits per heavy atom. The zero-order valence-electron chi connectivity index (χ0n) is 18.6. The highest BCUT2D eigenvalue weighted by molar-refractivity contribution is 5.97. The zero-order valence-corrected chi connectivity index (χ0v) is 18.6. The predicted molar refractivity (Wildman–Crippen MR) is 110 cm³/mol. The number of carboxylic acid groups (broad SMARTS) is 2. The van der Waals surface area contributed by atoms with Crippen molar-refractivity contribution in [1.82, 2.24) is 9.88 Å². The molecule has 2 fully saturated rings. The number of aryl methyl sites for hydroxylation is 1. The summed E-state index contributed by atoms with van der Waals surface area (Å²) >= 11 is 0. The van der Waals surface area contributed by atoms with Gasteiger partial charge in [0.1, 0.15) is 11.5 Å². The Morgan fingerprint density at radius 1 is 1.06 bits per heavy atom. The van der Waals surface area contributed by atoms with Crippen molar-refractivity contribution >= 4 is 23.5 Å². The number of nitrogens with zero attached hydrogens (tertiary/aromatic N) is 3. The monoisotopic (exact) mass is 525 g/mol. The molecule has 36 heavy (non-hydrogen) atoms. The molecule has 0 unspecified atom stereocenters. The number of hydrogen-bond acceptors (Lipinski definition) is 6. The number of alkyl halides is 6. The van der Waals surface area contributed by atoms with Crippen LogP contribution in [-0.4, -0.2) is 68.9 Å². The fraction of sp³-hybridized carbons (Fsp3) is 0.429. The number of carboxylic acids is 2. The molecule has 0 spiro atoms. The summed E-state index contributed by atoms with van der Waals surface area (Å²) in [5.74, 6) is -3.40. The molecule has 2 atom stereocenters. The van der Waals surface area contributed by atoms with Gasteiger partial charge in [-0.1, -0.05) is 0 Å². The molecule has 2 aromatic rings. The van der Waals surface area contributed by atoms with E-state index in [4.69, 9.17) is 24.2 Å². The third-order valence-electron chi connectivity index (χ3n) is 5.17. The molecule has 2 aliphatic heterocycles. The largest absolute Gasteiger partial charge is 0.490 e. The topological polar surface area (TPSA) is 124 Å². The van der Waals surface area contributed by atoms with Crippen LogP contribution >= 0.6 is 0 Å². The minimum absolute atomic E-state index is 0.198. The van der Waals surface area contributed by atoms with Crippen LogP contribution in [0.25, 0.3) is 0 Å². The Hall–Kier alpha value is -3.62. The minimum atomic E-state index is -5.08. The van der Waals surface area contributed by atoms with Crippen LogP contribution in [0.4, 0.5) is 32.0 Å². The van der Waals surface area contributed by atoms with E-state index in [2.05, 4.69) is 9.88 Å². The van der Waals surface area contributed by atoms with Crippen LogP contribution in [0.5, 0.6) is 0 Å². The Labute approximate surface area is 199 Å². The number of hydrogen-bond donors (Lipinski definition) is 2. The van der Waals surface area contributed by atoms with Crippen molar-refractivity contribution in [2.45, 2.75) is 50.7 Å². The SMILES string of the molecule is Cc1ccc(CN2CC[C@H]3[C@H]2CC(=O)N3c2cccnc2)o1.O=C(O)C(F)(F)F.O=C(O)C(F)(F)F. The van der Waals surface area contributed by atoms with E-state index in [1.54, 1.807) is 12.4 Å². The maximum Gasteiger partial charge on any atom is 0.490 e. The number of amides is 1. The first kappa shape index (κ1) is 28.6. The third-order valence-corrected chi connectivity index (χ3v) is 5.17. The van der Waals surface area contributed by atoms with Gasteiger partial charge in [0.25, 0.3) is 0 Å². The number of carbonyl (C=O) groups excluding carboxylic acids is 1. The second-order valence-corrected chi connectivity index (χ2v) is 7.69. The summed E-state index contributed by atoms with van der Waals surface area (Å²) in [4.78, 5) is 38.7. The lowest BCUT2D eigenvalue weighted by Crippen LogP contribution is -2.37. The van der Waals surface area contributed by atoms with Crippen LogP contribution in [0.1, 0.15) is 24.4 Å². The van der Waals surface area contributed by atoms with E-state index in [0.717, 1.165) is 36.7 Å². The Balaban J connectivity index is 0.000000271. The molecule has 1 amide bonds. The molecule has 2 aliphatic rings. The summed E-state index contributed by atoms with van der Waals surface area (Å²) in [5.41, 5.74) is 0.913. The number of furan rings is 1. The van der Waals surface area contributed by atoms with Crippen molar-refractivity contribution in [2.24, 2.45) is 0 Å². The van der Waals surface area contributed by atoms with Gasteiger partial charge in [0.2, 0.25) is 5.91 Å². The van der Waals surface area contributed by atoms with Gasteiger partial charge in [-0.3, -0.25) is 14.7 Å². The molecule has 2 aromatic heterocycles. The maximum atomic E-state index is 12.4. The molecule has 0 bridgehead atoms. The van der Waals surface area contributed by atoms with Crippen molar-refractivity contribution in [3.8, 4) is 0 Å². The van der Waals surface area contributed by atoms with Gasteiger partial charge in [0, 0.05) is 25.2 Å². The lowest BCUT2D eigenvalue weighted by Gasteiger charge is -2.24. The van der Waals surface area contributed by atoms with Crippen molar-refractivity contribution < 1.29 is 55.4 Å².